The first-order valence-corrected chi connectivity index (χ1v) is 9.24. The van der Waals surface area contributed by atoms with Crippen molar-refractivity contribution in [2.24, 2.45) is 5.92 Å². The summed E-state index contributed by atoms with van der Waals surface area (Å²) in [7, 11) is 0. The fourth-order valence-corrected chi connectivity index (χ4v) is 4.38. The Morgan fingerprint density at radius 3 is 2.76 bits per heavy atom. The zero-order valence-electron chi connectivity index (χ0n) is 14.3. The van der Waals surface area contributed by atoms with Crippen molar-refractivity contribution in [3.8, 4) is 5.75 Å². The number of halogens is 1. The second-order valence-corrected chi connectivity index (χ2v) is 7.38. The normalized spacial score (nSPS) is 27.7. The molecule has 1 aromatic rings. The van der Waals surface area contributed by atoms with Gasteiger partial charge in [-0.05, 0) is 50.9 Å². The number of rotatable bonds is 3. The lowest BCUT2D eigenvalue weighted by Gasteiger charge is -2.45. The Kier molecular flexibility index (Phi) is 4.33. The molecular formula is C18H22ClN3O3. The number of ether oxygens (including phenoxy) is 1. The first-order valence-electron chi connectivity index (χ1n) is 8.86. The second-order valence-electron chi connectivity index (χ2n) is 6.95. The zero-order valence-corrected chi connectivity index (χ0v) is 15.0. The summed E-state index contributed by atoms with van der Waals surface area (Å²) in [6, 6.07) is 3.47. The van der Waals surface area contributed by atoms with Crippen LogP contribution in [0.15, 0.2) is 12.1 Å². The summed E-state index contributed by atoms with van der Waals surface area (Å²) in [5.74, 6) is 0.687. The molecule has 0 radical (unpaired) electrons. The van der Waals surface area contributed by atoms with Gasteiger partial charge in [-0.1, -0.05) is 11.6 Å². The number of benzene rings is 1. The predicted octanol–water partition coefficient (Wildman–Crippen LogP) is 1.91. The molecule has 25 heavy (non-hydrogen) atoms. The molecule has 2 bridgehead atoms. The summed E-state index contributed by atoms with van der Waals surface area (Å²) in [6.45, 7) is 5.50. The Bertz CT molecular complexity index is 716. The number of fused-ring (bicyclic) bond motifs is 4. The molecule has 0 aromatic heterocycles. The molecule has 3 fully saturated rings. The molecule has 1 atom stereocenters. The molecule has 1 aromatic carbocycles. The highest BCUT2D eigenvalue weighted by atomic mass is 35.5. The summed E-state index contributed by atoms with van der Waals surface area (Å²) in [5.41, 5.74) is 0.982. The summed E-state index contributed by atoms with van der Waals surface area (Å²) < 4.78 is 5.61. The van der Waals surface area contributed by atoms with Crippen molar-refractivity contribution in [2.75, 3.05) is 37.7 Å². The van der Waals surface area contributed by atoms with Gasteiger partial charge in [0, 0.05) is 24.2 Å². The Morgan fingerprint density at radius 2 is 2.12 bits per heavy atom. The lowest BCUT2D eigenvalue weighted by molar-refractivity contribution is -0.121. The first kappa shape index (κ1) is 16.7. The van der Waals surface area contributed by atoms with Crippen molar-refractivity contribution < 1.29 is 14.3 Å². The van der Waals surface area contributed by atoms with E-state index in [1.807, 2.05) is 6.92 Å². The van der Waals surface area contributed by atoms with E-state index in [-0.39, 0.29) is 24.5 Å². The molecular weight excluding hydrogens is 342 g/mol. The Labute approximate surface area is 152 Å². The van der Waals surface area contributed by atoms with E-state index in [1.165, 1.54) is 0 Å². The SMILES string of the molecule is CCN1C(=O)COc2c(C(=O)NC3CN4CCC3CC4)cc(Cl)cc21. The lowest BCUT2D eigenvalue weighted by Crippen LogP contribution is -2.57. The summed E-state index contributed by atoms with van der Waals surface area (Å²) in [4.78, 5) is 29.0. The second kappa shape index (κ2) is 6.50. The topological polar surface area (TPSA) is 61.9 Å². The number of anilines is 1. The van der Waals surface area contributed by atoms with Crippen LogP contribution < -0.4 is 15.0 Å². The summed E-state index contributed by atoms with van der Waals surface area (Å²) in [5, 5.41) is 3.59. The van der Waals surface area contributed by atoms with Crippen molar-refractivity contribution in [1.29, 1.82) is 0 Å². The molecule has 4 aliphatic rings. The van der Waals surface area contributed by atoms with Crippen LogP contribution in [0.1, 0.15) is 30.1 Å². The number of nitrogens with zero attached hydrogens (tertiary/aromatic N) is 2. The number of nitrogens with one attached hydrogen (secondary N) is 1. The van der Waals surface area contributed by atoms with Crippen LogP contribution in [0.4, 0.5) is 5.69 Å². The minimum absolute atomic E-state index is 0.0530. The van der Waals surface area contributed by atoms with Crippen molar-refractivity contribution >= 4 is 29.1 Å². The minimum atomic E-state index is -0.178. The van der Waals surface area contributed by atoms with Crippen LogP contribution >= 0.6 is 11.6 Å². The van der Waals surface area contributed by atoms with Crippen LogP contribution in [0.5, 0.6) is 5.75 Å². The smallest absolute Gasteiger partial charge is 0.265 e. The van der Waals surface area contributed by atoms with Crippen molar-refractivity contribution in [3.05, 3.63) is 22.7 Å². The fraction of sp³-hybridized carbons (Fsp3) is 0.556. The maximum Gasteiger partial charge on any atom is 0.265 e. The number of hydrogen-bond acceptors (Lipinski definition) is 4. The molecule has 3 saturated heterocycles. The largest absolute Gasteiger partial charge is 0.481 e. The maximum atomic E-state index is 12.9. The number of hydrogen-bond donors (Lipinski definition) is 1. The molecule has 6 nitrogen and oxygen atoms in total. The quantitative estimate of drug-likeness (QED) is 0.891. The number of piperidine rings is 3. The van der Waals surface area contributed by atoms with Gasteiger partial charge in [0.2, 0.25) is 0 Å². The molecule has 0 aliphatic carbocycles. The van der Waals surface area contributed by atoms with Gasteiger partial charge in [0.05, 0.1) is 11.3 Å². The van der Waals surface area contributed by atoms with Gasteiger partial charge in [-0.3, -0.25) is 9.59 Å². The van der Waals surface area contributed by atoms with Gasteiger partial charge >= 0.3 is 0 Å². The minimum Gasteiger partial charge on any atom is -0.481 e. The van der Waals surface area contributed by atoms with Crippen LogP contribution in [-0.4, -0.2) is 55.5 Å². The Morgan fingerprint density at radius 1 is 1.36 bits per heavy atom. The standard InChI is InChI=1S/C18H22ClN3O3/c1-2-22-15-8-12(19)7-13(17(15)25-10-16(22)23)18(24)20-14-9-21-5-3-11(14)4-6-21/h7-8,11,14H,2-6,9-10H2,1H3,(H,20,24). The number of carbonyl (C=O) groups is 2. The number of carbonyl (C=O) groups excluding carboxylic acids is 2. The molecule has 2 amide bonds. The van der Waals surface area contributed by atoms with Gasteiger partial charge in [0.25, 0.3) is 11.8 Å². The van der Waals surface area contributed by atoms with Crippen molar-refractivity contribution in [2.45, 2.75) is 25.8 Å². The molecule has 134 valence electrons. The van der Waals surface area contributed by atoms with Crippen LogP contribution in [-0.2, 0) is 4.79 Å². The summed E-state index contributed by atoms with van der Waals surface area (Å²) in [6.07, 6.45) is 2.26. The van der Waals surface area contributed by atoms with E-state index < -0.39 is 0 Å². The molecule has 0 saturated carbocycles. The van der Waals surface area contributed by atoms with Gasteiger partial charge in [-0.15, -0.1) is 0 Å². The third-order valence-electron chi connectivity index (χ3n) is 5.50. The highest BCUT2D eigenvalue weighted by Gasteiger charge is 2.36. The molecule has 5 rings (SSSR count). The van der Waals surface area contributed by atoms with Gasteiger partial charge in [-0.25, -0.2) is 0 Å². The molecule has 0 spiro atoms. The van der Waals surface area contributed by atoms with E-state index in [1.54, 1.807) is 17.0 Å². The third kappa shape index (κ3) is 2.98. The number of amides is 2. The molecule has 1 unspecified atom stereocenters. The highest BCUT2D eigenvalue weighted by molar-refractivity contribution is 6.31. The van der Waals surface area contributed by atoms with Crippen LogP contribution in [0.3, 0.4) is 0 Å². The Balaban J connectivity index is 1.62. The van der Waals surface area contributed by atoms with E-state index in [2.05, 4.69) is 10.2 Å². The van der Waals surface area contributed by atoms with Gasteiger partial charge in [-0.2, -0.15) is 0 Å². The Hall–Kier alpha value is -1.79. The number of likely N-dealkylation sites (N-methyl/N-ethyl adjacent to an activating group) is 1. The van der Waals surface area contributed by atoms with E-state index in [0.29, 0.717) is 34.5 Å². The highest BCUT2D eigenvalue weighted by Crippen LogP contribution is 2.38. The van der Waals surface area contributed by atoms with Gasteiger partial charge in [0.1, 0.15) is 0 Å². The van der Waals surface area contributed by atoms with Gasteiger partial charge < -0.3 is 19.9 Å². The maximum absolute atomic E-state index is 12.9. The first-order chi connectivity index (χ1) is 12.1. The van der Waals surface area contributed by atoms with Crippen LogP contribution in [0, 0.1) is 5.92 Å². The average Bonchev–Trinajstić information content (AvgIpc) is 2.62. The van der Waals surface area contributed by atoms with E-state index in [9.17, 15) is 9.59 Å². The van der Waals surface area contributed by atoms with Crippen molar-refractivity contribution in [3.63, 3.8) is 0 Å². The zero-order chi connectivity index (χ0) is 17.6. The van der Waals surface area contributed by atoms with Gasteiger partial charge in [0.15, 0.2) is 12.4 Å². The molecule has 7 heteroatoms. The summed E-state index contributed by atoms with van der Waals surface area (Å²) >= 11 is 6.22. The third-order valence-corrected chi connectivity index (χ3v) is 5.72. The average molecular weight is 364 g/mol. The molecule has 4 heterocycles. The van der Waals surface area contributed by atoms with Crippen molar-refractivity contribution in [1.82, 2.24) is 10.2 Å². The van der Waals surface area contributed by atoms with E-state index in [4.69, 9.17) is 16.3 Å². The van der Waals surface area contributed by atoms with E-state index in [0.717, 1.165) is 32.5 Å². The van der Waals surface area contributed by atoms with Crippen LogP contribution in [0.25, 0.3) is 0 Å². The molecule has 4 aliphatic heterocycles. The molecule has 1 N–H and O–H groups in total. The van der Waals surface area contributed by atoms with Crippen LogP contribution in [0.2, 0.25) is 5.02 Å². The monoisotopic (exact) mass is 363 g/mol. The lowest BCUT2D eigenvalue weighted by atomic mass is 9.84. The predicted molar refractivity (Wildman–Crippen MR) is 95.4 cm³/mol. The van der Waals surface area contributed by atoms with E-state index >= 15 is 0 Å². The fourth-order valence-electron chi connectivity index (χ4n) is 4.17.